The summed E-state index contributed by atoms with van der Waals surface area (Å²) < 4.78 is 0. The molecule has 0 fully saturated rings. The summed E-state index contributed by atoms with van der Waals surface area (Å²) in [5.74, 6) is -1.00. The molecule has 0 unspecified atom stereocenters. The van der Waals surface area contributed by atoms with Crippen LogP contribution in [0.5, 0.6) is 0 Å². The fraction of sp³-hybridized carbons (Fsp3) is 0.0625. The number of hydrazone groups is 1. The van der Waals surface area contributed by atoms with Crippen molar-refractivity contribution in [2.45, 2.75) is 0 Å². The van der Waals surface area contributed by atoms with Crippen LogP contribution in [0, 0.1) is 10.1 Å². The third kappa shape index (κ3) is 5.54. The highest BCUT2D eigenvalue weighted by Gasteiger charge is 2.11. The predicted molar refractivity (Wildman–Crippen MR) is 97.6 cm³/mol. The highest BCUT2D eigenvalue weighted by atomic mass is 35.5. The highest BCUT2D eigenvalue weighted by Crippen LogP contribution is 2.24. The molecule has 0 saturated carbocycles. The van der Waals surface area contributed by atoms with Crippen LogP contribution in [-0.2, 0) is 4.79 Å². The van der Waals surface area contributed by atoms with E-state index in [9.17, 15) is 19.7 Å². The van der Waals surface area contributed by atoms with Gasteiger partial charge in [0.15, 0.2) is 0 Å². The number of hydrogen-bond donors (Lipinski definition) is 2. The van der Waals surface area contributed by atoms with Crippen LogP contribution in [-0.4, -0.2) is 29.5 Å². The number of halogens is 2. The van der Waals surface area contributed by atoms with Gasteiger partial charge in [0.25, 0.3) is 17.5 Å². The van der Waals surface area contributed by atoms with Gasteiger partial charge in [-0.05, 0) is 35.9 Å². The second-order valence-electron chi connectivity index (χ2n) is 4.95. The Morgan fingerprint density at radius 2 is 1.96 bits per heavy atom. The van der Waals surface area contributed by atoms with Crippen LogP contribution in [0.4, 0.5) is 5.69 Å². The molecule has 0 aliphatic rings. The van der Waals surface area contributed by atoms with Crippen LogP contribution in [0.25, 0.3) is 0 Å². The Hall–Kier alpha value is -2.97. The molecule has 0 aromatic heterocycles. The van der Waals surface area contributed by atoms with Gasteiger partial charge in [-0.3, -0.25) is 19.7 Å². The van der Waals surface area contributed by atoms with Crippen molar-refractivity contribution >= 4 is 46.9 Å². The first-order valence-electron chi connectivity index (χ1n) is 7.16. The molecule has 0 aliphatic carbocycles. The van der Waals surface area contributed by atoms with Gasteiger partial charge in [0.2, 0.25) is 0 Å². The number of hydrogen-bond acceptors (Lipinski definition) is 5. The SMILES string of the molecule is O=C(CNC(=O)c1cccc(Cl)c1)N/N=C/c1ccc([N+](=O)[O-])c(Cl)c1. The smallest absolute Gasteiger partial charge is 0.287 e. The first-order valence-corrected chi connectivity index (χ1v) is 7.92. The van der Waals surface area contributed by atoms with Crippen molar-refractivity contribution in [2.75, 3.05) is 6.54 Å². The number of nitro benzene ring substituents is 1. The largest absolute Gasteiger partial charge is 0.343 e. The molecule has 2 amide bonds. The number of amides is 2. The molecule has 0 bridgehead atoms. The Labute approximate surface area is 157 Å². The fourth-order valence-electron chi connectivity index (χ4n) is 1.86. The van der Waals surface area contributed by atoms with E-state index in [4.69, 9.17) is 23.2 Å². The molecule has 0 radical (unpaired) electrons. The van der Waals surface area contributed by atoms with E-state index >= 15 is 0 Å². The summed E-state index contributed by atoms with van der Waals surface area (Å²) in [7, 11) is 0. The molecular weight excluding hydrogens is 383 g/mol. The van der Waals surface area contributed by atoms with E-state index in [1.54, 1.807) is 18.2 Å². The van der Waals surface area contributed by atoms with E-state index in [0.717, 1.165) is 0 Å². The number of benzene rings is 2. The zero-order valence-electron chi connectivity index (χ0n) is 13.1. The molecule has 0 atom stereocenters. The number of nitrogens with one attached hydrogen (secondary N) is 2. The second-order valence-corrected chi connectivity index (χ2v) is 5.80. The van der Waals surface area contributed by atoms with Crippen LogP contribution in [0.2, 0.25) is 10.0 Å². The van der Waals surface area contributed by atoms with E-state index < -0.39 is 16.7 Å². The molecule has 2 N–H and O–H groups in total. The Bertz CT molecular complexity index is 886. The average molecular weight is 395 g/mol. The Morgan fingerprint density at radius 3 is 2.62 bits per heavy atom. The van der Waals surface area contributed by atoms with E-state index in [2.05, 4.69) is 15.8 Å². The van der Waals surface area contributed by atoms with Gasteiger partial charge in [0, 0.05) is 16.7 Å². The van der Waals surface area contributed by atoms with Gasteiger partial charge < -0.3 is 5.32 Å². The first-order chi connectivity index (χ1) is 12.4. The van der Waals surface area contributed by atoms with Gasteiger partial charge in [-0.1, -0.05) is 29.3 Å². The van der Waals surface area contributed by atoms with Gasteiger partial charge >= 0.3 is 0 Å². The van der Waals surface area contributed by atoms with Crippen molar-refractivity contribution in [3.8, 4) is 0 Å². The standard InChI is InChI=1S/C16H12Cl2N4O4/c17-12-3-1-2-11(7-12)16(24)19-9-15(23)21-20-8-10-4-5-14(22(25)26)13(18)6-10/h1-8H,9H2,(H,19,24)(H,21,23)/b20-8+. The summed E-state index contributed by atoms with van der Waals surface area (Å²) in [5, 5.41) is 17.2. The molecule has 10 heteroatoms. The highest BCUT2D eigenvalue weighted by molar-refractivity contribution is 6.33. The quantitative estimate of drug-likeness (QED) is 0.445. The van der Waals surface area contributed by atoms with Crippen molar-refractivity contribution in [3.63, 3.8) is 0 Å². The lowest BCUT2D eigenvalue weighted by molar-refractivity contribution is -0.384. The van der Waals surface area contributed by atoms with Crippen LogP contribution in [0.15, 0.2) is 47.6 Å². The normalized spacial score (nSPS) is 10.5. The molecule has 8 nitrogen and oxygen atoms in total. The minimum Gasteiger partial charge on any atom is -0.343 e. The number of carbonyl (C=O) groups excluding carboxylic acids is 2. The molecule has 2 rings (SSSR count). The third-order valence-electron chi connectivity index (χ3n) is 3.07. The lowest BCUT2D eigenvalue weighted by Gasteiger charge is -2.04. The van der Waals surface area contributed by atoms with Crippen LogP contribution < -0.4 is 10.7 Å². The van der Waals surface area contributed by atoms with E-state index in [1.807, 2.05) is 0 Å². The summed E-state index contributed by atoms with van der Waals surface area (Å²) >= 11 is 11.6. The Balaban J connectivity index is 1.85. The van der Waals surface area contributed by atoms with Gasteiger partial charge in [0.05, 0.1) is 17.7 Å². The molecule has 0 saturated heterocycles. The van der Waals surface area contributed by atoms with Crippen LogP contribution in [0.3, 0.4) is 0 Å². The molecule has 0 spiro atoms. The fourth-order valence-corrected chi connectivity index (χ4v) is 2.31. The van der Waals surface area contributed by atoms with Gasteiger partial charge in [-0.25, -0.2) is 5.43 Å². The summed E-state index contributed by atoms with van der Waals surface area (Å²) in [4.78, 5) is 33.6. The average Bonchev–Trinajstić information content (AvgIpc) is 2.59. The van der Waals surface area contributed by atoms with E-state index in [0.29, 0.717) is 16.1 Å². The third-order valence-corrected chi connectivity index (χ3v) is 3.61. The number of nitrogens with zero attached hydrogens (tertiary/aromatic N) is 2. The Morgan fingerprint density at radius 1 is 1.19 bits per heavy atom. The number of rotatable bonds is 6. The molecule has 2 aromatic carbocycles. The van der Waals surface area contributed by atoms with Crippen molar-refractivity contribution in [3.05, 3.63) is 73.8 Å². The predicted octanol–water partition coefficient (Wildman–Crippen LogP) is 2.78. The first kappa shape index (κ1) is 19.4. The molecule has 134 valence electrons. The molecular formula is C16H12Cl2N4O4. The number of nitro groups is 1. The maximum atomic E-state index is 11.9. The summed E-state index contributed by atoms with van der Waals surface area (Å²) in [5.41, 5.74) is 2.78. The number of carbonyl (C=O) groups is 2. The zero-order valence-corrected chi connectivity index (χ0v) is 14.6. The van der Waals surface area contributed by atoms with Crippen molar-refractivity contribution in [2.24, 2.45) is 5.10 Å². The Kier molecular flexibility index (Phi) is 6.65. The maximum absolute atomic E-state index is 11.9. The second kappa shape index (κ2) is 8.93. The molecule has 2 aromatic rings. The lowest BCUT2D eigenvalue weighted by atomic mass is 10.2. The summed E-state index contributed by atoms with van der Waals surface area (Å²) in [6.07, 6.45) is 1.27. The van der Waals surface area contributed by atoms with Crippen molar-refractivity contribution in [1.29, 1.82) is 0 Å². The molecule has 26 heavy (non-hydrogen) atoms. The van der Waals surface area contributed by atoms with Gasteiger partial charge in [0.1, 0.15) is 5.02 Å². The maximum Gasteiger partial charge on any atom is 0.287 e. The van der Waals surface area contributed by atoms with Gasteiger partial charge in [-0.2, -0.15) is 5.10 Å². The summed E-state index contributed by atoms with van der Waals surface area (Å²) in [6, 6.07) is 10.3. The lowest BCUT2D eigenvalue weighted by Crippen LogP contribution is -2.34. The zero-order chi connectivity index (χ0) is 19.1. The van der Waals surface area contributed by atoms with E-state index in [-0.39, 0.29) is 17.3 Å². The van der Waals surface area contributed by atoms with Gasteiger partial charge in [-0.15, -0.1) is 0 Å². The molecule has 0 heterocycles. The van der Waals surface area contributed by atoms with Crippen molar-refractivity contribution in [1.82, 2.24) is 10.7 Å². The van der Waals surface area contributed by atoms with Crippen molar-refractivity contribution < 1.29 is 14.5 Å². The minimum atomic E-state index is -0.604. The monoisotopic (exact) mass is 394 g/mol. The van der Waals surface area contributed by atoms with Crippen LogP contribution in [0.1, 0.15) is 15.9 Å². The topological polar surface area (TPSA) is 114 Å². The molecule has 0 aliphatic heterocycles. The van der Waals surface area contributed by atoms with Crippen LogP contribution >= 0.6 is 23.2 Å². The van der Waals surface area contributed by atoms with E-state index in [1.165, 1.54) is 30.5 Å². The minimum absolute atomic E-state index is 0.0425. The summed E-state index contributed by atoms with van der Waals surface area (Å²) in [6.45, 7) is -0.288.